The minimum absolute atomic E-state index is 0.840. The van der Waals surface area contributed by atoms with Crippen LogP contribution in [0.25, 0.3) is 0 Å². The van der Waals surface area contributed by atoms with Gasteiger partial charge in [-0.25, -0.2) is 0 Å². The van der Waals surface area contributed by atoms with E-state index in [0.29, 0.717) is 0 Å². The standard InChI is InChI=1S/C16H24BrN3/c17-15-10-14(11-18-12-15)13-19-8-4-16(5-9-19)20-6-2-1-3-7-20/h10-12,16H,1-9,13H2. The molecule has 0 N–H and O–H groups in total. The fourth-order valence-corrected chi connectivity index (χ4v) is 3.94. The Morgan fingerprint density at radius 1 is 1.05 bits per heavy atom. The van der Waals surface area contributed by atoms with E-state index >= 15 is 0 Å². The summed E-state index contributed by atoms with van der Waals surface area (Å²) < 4.78 is 1.08. The van der Waals surface area contributed by atoms with Gasteiger partial charge >= 0.3 is 0 Å². The van der Waals surface area contributed by atoms with E-state index in [-0.39, 0.29) is 0 Å². The van der Waals surface area contributed by atoms with Crippen molar-refractivity contribution in [3.8, 4) is 0 Å². The van der Waals surface area contributed by atoms with Gasteiger partial charge in [0.1, 0.15) is 0 Å². The molecule has 20 heavy (non-hydrogen) atoms. The highest BCUT2D eigenvalue weighted by Gasteiger charge is 2.25. The topological polar surface area (TPSA) is 19.4 Å². The molecule has 0 bridgehead atoms. The van der Waals surface area contributed by atoms with Crippen LogP contribution in [0.15, 0.2) is 22.9 Å². The van der Waals surface area contributed by atoms with Crippen molar-refractivity contribution in [2.24, 2.45) is 0 Å². The van der Waals surface area contributed by atoms with E-state index in [1.807, 2.05) is 12.4 Å². The van der Waals surface area contributed by atoms with Crippen LogP contribution in [-0.2, 0) is 6.54 Å². The molecule has 2 fully saturated rings. The first-order chi connectivity index (χ1) is 9.81. The first-order valence-corrected chi connectivity index (χ1v) is 8.66. The normalized spacial score (nSPS) is 23.1. The number of hydrogen-bond acceptors (Lipinski definition) is 3. The number of halogens is 1. The maximum atomic E-state index is 4.26. The van der Waals surface area contributed by atoms with Crippen LogP contribution in [0.4, 0.5) is 0 Å². The summed E-state index contributed by atoms with van der Waals surface area (Å²) in [6.45, 7) is 6.17. The van der Waals surface area contributed by atoms with E-state index in [1.54, 1.807) is 0 Å². The largest absolute Gasteiger partial charge is 0.300 e. The fourth-order valence-electron chi connectivity index (χ4n) is 3.53. The third kappa shape index (κ3) is 3.80. The molecule has 110 valence electrons. The van der Waals surface area contributed by atoms with Crippen molar-refractivity contribution in [1.29, 1.82) is 0 Å². The number of piperidine rings is 2. The Morgan fingerprint density at radius 3 is 2.50 bits per heavy atom. The molecular weight excluding hydrogens is 314 g/mol. The van der Waals surface area contributed by atoms with Crippen molar-refractivity contribution in [1.82, 2.24) is 14.8 Å². The highest BCUT2D eigenvalue weighted by molar-refractivity contribution is 9.10. The molecule has 0 aliphatic carbocycles. The van der Waals surface area contributed by atoms with Crippen LogP contribution < -0.4 is 0 Å². The third-order valence-corrected chi connectivity index (χ3v) is 5.07. The minimum Gasteiger partial charge on any atom is -0.300 e. The van der Waals surface area contributed by atoms with Gasteiger partial charge in [-0.2, -0.15) is 0 Å². The summed E-state index contributed by atoms with van der Waals surface area (Å²) in [5.41, 5.74) is 1.32. The minimum atomic E-state index is 0.840. The smallest absolute Gasteiger partial charge is 0.0410 e. The van der Waals surface area contributed by atoms with Gasteiger partial charge in [-0.05, 0) is 79.4 Å². The average molecular weight is 338 g/mol. The first-order valence-electron chi connectivity index (χ1n) is 7.87. The predicted octanol–water partition coefficient (Wildman–Crippen LogP) is 3.29. The maximum absolute atomic E-state index is 4.26. The maximum Gasteiger partial charge on any atom is 0.0410 e. The monoisotopic (exact) mass is 337 g/mol. The second kappa shape index (κ2) is 7.01. The van der Waals surface area contributed by atoms with Gasteiger partial charge in [0, 0.05) is 29.5 Å². The van der Waals surface area contributed by atoms with E-state index in [9.17, 15) is 0 Å². The Balaban J connectivity index is 1.48. The molecular formula is C16H24BrN3. The van der Waals surface area contributed by atoms with Gasteiger partial charge in [-0.3, -0.25) is 9.88 Å². The van der Waals surface area contributed by atoms with Crippen LogP contribution in [0.2, 0.25) is 0 Å². The Morgan fingerprint density at radius 2 is 1.80 bits per heavy atom. The average Bonchev–Trinajstić information content (AvgIpc) is 2.49. The molecule has 0 unspecified atom stereocenters. The second-order valence-corrected chi connectivity index (χ2v) is 7.03. The molecule has 3 heterocycles. The molecule has 2 aliphatic heterocycles. The predicted molar refractivity (Wildman–Crippen MR) is 85.7 cm³/mol. The van der Waals surface area contributed by atoms with Crippen molar-refractivity contribution in [2.75, 3.05) is 26.2 Å². The molecule has 0 radical (unpaired) electrons. The molecule has 1 aromatic heterocycles. The molecule has 2 aliphatic rings. The third-order valence-electron chi connectivity index (χ3n) is 4.63. The van der Waals surface area contributed by atoms with E-state index in [2.05, 4.69) is 36.8 Å². The zero-order valence-electron chi connectivity index (χ0n) is 12.1. The molecule has 0 atom stereocenters. The lowest BCUT2D eigenvalue weighted by atomic mass is 9.99. The van der Waals surface area contributed by atoms with E-state index in [0.717, 1.165) is 17.1 Å². The van der Waals surface area contributed by atoms with Gasteiger partial charge in [0.05, 0.1) is 0 Å². The van der Waals surface area contributed by atoms with Gasteiger partial charge < -0.3 is 4.90 Å². The summed E-state index contributed by atoms with van der Waals surface area (Å²) in [5.74, 6) is 0. The Kier molecular flexibility index (Phi) is 5.08. The van der Waals surface area contributed by atoms with Gasteiger partial charge in [-0.15, -0.1) is 0 Å². The SMILES string of the molecule is Brc1cncc(CN2CCC(N3CCCCC3)CC2)c1. The quantitative estimate of drug-likeness (QED) is 0.843. The highest BCUT2D eigenvalue weighted by Crippen LogP contribution is 2.22. The molecule has 0 aromatic carbocycles. The van der Waals surface area contributed by atoms with Gasteiger partial charge in [-0.1, -0.05) is 6.42 Å². The van der Waals surface area contributed by atoms with Crippen LogP contribution in [0, 0.1) is 0 Å². The van der Waals surface area contributed by atoms with Crippen molar-refractivity contribution >= 4 is 15.9 Å². The van der Waals surface area contributed by atoms with Crippen molar-refractivity contribution in [2.45, 2.75) is 44.7 Å². The van der Waals surface area contributed by atoms with E-state index < -0.39 is 0 Å². The molecule has 0 spiro atoms. The molecule has 3 nitrogen and oxygen atoms in total. The lowest BCUT2D eigenvalue weighted by Gasteiger charge is -2.40. The summed E-state index contributed by atoms with van der Waals surface area (Å²) in [7, 11) is 0. The van der Waals surface area contributed by atoms with Crippen LogP contribution >= 0.6 is 15.9 Å². The number of hydrogen-bond donors (Lipinski definition) is 0. The fraction of sp³-hybridized carbons (Fsp3) is 0.688. The van der Waals surface area contributed by atoms with Gasteiger partial charge in [0.2, 0.25) is 0 Å². The van der Waals surface area contributed by atoms with Gasteiger partial charge in [0.25, 0.3) is 0 Å². The molecule has 1 aromatic rings. The lowest BCUT2D eigenvalue weighted by molar-refractivity contribution is 0.0896. The molecule has 2 saturated heterocycles. The molecule has 3 rings (SSSR count). The molecule has 0 amide bonds. The Labute approximate surface area is 130 Å². The summed E-state index contributed by atoms with van der Waals surface area (Å²) in [5, 5.41) is 0. The van der Waals surface area contributed by atoms with Crippen LogP contribution in [-0.4, -0.2) is 47.0 Å². The first kappa shape index (κ1) is 14.5. The van der Waals surface area contributed by atoms with Crippen LogP contribution in [0.1, 0.15) is 37.7 Å². The Hall–Kier alpha value is -0.450. The zero-order chi connectivity index (χ0) is 13.8. The second-order valence-electron chi connectivity index (χ2n) is 6.12. The summed E-state index contributed by atoms with van der Waals surface area (Å²) in [4.78, 5) is 9.57. The molecule has 4 heteroatoms. The van der Waals surface area contributed by atoms with Crippen molar-refractivity contribution < 1.29 is 0 Å². The number of aromatic nitrogens is 1. The zero-order valence-corrected chi connectivity index (χ0v) is 13.7. The highest BCUT2D eigenvalue weighted by atomic mass is 79.9. The Bertz CT molecular complexity index is 423. The van der Waals surface area contributed by atoms with Crippen molar-refractivity contribution in [3.05, 3.63) is 28.5 Å². The van der Waals surface area contributed by atoms with Crippen LogP contribution in [0.5, 0.6) is 0 Å². The summed E-state index contributed by atoms with van der Waals surface area (Å²) in [6.07, 6.45) is 10.8. The summed E-state index contributed by atoms with van der Waals surface area (Å²) >= 11 is 3.50. The number of pyridine rings is 1. The number of nitrogens with zero attached hydrogens (tertiary/aromatic N) is 3. The molecule has 0 saturated carbocycles. The lowest BCUT2D eigenvalue weighted by Crippen LogP contribution is -2.46. The van der Waals surface area contributed by atoms with Gasteiger partial charge in [0.15, 0.2) is 0 Å². The summed E-state index contributed by atoms with van der Waals surface area (Å²) in [6, 6.07) is 3.02. The van der Waals surface area contributed by atoms with Crippen LogP contribution in [0.3, 0.4) is 0 Å². The van der Waals surface area contributed by atoms with E-state index in [4.69, 9.17) is 0 Å². The number of likely N-dealkylation sites (tertiary alicyclic amines) is 2. The van der Waals surface area contributed by atoms with Crippen molar-refractivity contribution in [3.63, 3.8) is 0 Å². The number of rotatable bonds is 3. The van der Waals surface area contributed by atoms with E-state index in [1.165, 1.54) is 63.8 Å².